The van der Waals surface area contributed by atoms with Crippen LogP contribution >= 0.6 is 0 Å². The molecule has 0 aliphatic carbocycles. The smallest absolute Gasteiger partial charge is 0.258 e. The van der Waals surface area contributed by atoms with Crippen LogP contribution in [0.4, 0.5) is 17.3 Å². The second kappa shape index (κ2) is 12.4. The predicted octanol–water partition coefficient (Wildman–Crippen LogP) is 1.09. The highest BCUT2D eigenvalue weighted by atomic mass is 16.5. The Morgan fingerprint density at radius 3 is 2.31 bits per heavy atom. The number of nitrogens with zero attached hydrogens (tertiary/aromatic N) is 2. The Labute approximate surface area is 169 Å². The summed E-state index contributed by atoms with van der Waals surface area (Å²) in [6.07, 6.45) is 0.157. The largest absolute Gasteiger partial charge is 0.379 e. The van der Waals surface area contributed by atoms with Crippen molar-refractivity contribution in [3.63, 3.8) is 0 Å². The van der Waals surface area contributed by atoms with Gasteiger partial charge in [0.05, 0.1) is 44.1 Å². The average molecular weight is 402 g/mol. The molecule has 0 spiro atoms. The number of amides is 2. The van der Waals surface area contributed by atoms with Crippen molar-refractivity contribution in [1.82, 2.24) is 10.2 Å². The number of para-hydroxylation sites is 1. The van der Waals surface area contributed by atoms with Gasteiger partial charge >= 0.3 is 0 Å². The quantitative estimate of drug-likeness (QED) is 0.387. The molecular formula is C19H26N6O4. The van der Waals surface area contributed by atoms with Crippen LogP contribution < -0.4 is 21.7 Å². The first-order valence-corrected chi connectivity index (χ1v) is 9.21. The summed E-state index contributed by atoms with van der Waals surface area (Å²) in [7, 11) is 1.72. The van der Waals surface area contributed by atoms with Gasteiger partial charge in [-0.05, 0) is 24.3 Å². The van der Waals surface area contributed by atoms with Gasteiger partial charge in [-0.3, -0.25) is 9.59 Å². The molecule has 1 aromatic carbocycles. The maximum Gasteiger partial charge on any atom is 0.258 e. The zero-order valence-corrected chi connectivity index (χ0v) is 16.3. The molecule has 0 radical (unpaired) electrons. The van der Waals surface area contributed by atoms with Crippen LogP contribution in [0.1, 0.15) is 16.8 Å². The number of aromatic nitrogens is 2. The first-order valence-electron chi connectivity index (χ1n) is 9.21. The van der Waals surface area contributed by atoms with E-state index in [1.54, 1.807) is 43.4 Å². The number of anilines is 3. The minimum Gasteiger partial charge on any atom is -0.379 e. The Kier molecular flexibility index (Phi) is 9.49. The third-order valence-electron chi connectivity index (χ3n) is 3.72. The summed E-state index contributed by atoms with van der Waals surface area (Å²) in [6.45, 7) is 2.01. The third-order valence-corrected chi connectivity index (χ3v) is 3.72. The molecule has 1 aromatic heterocycles. The molecule has 0 aliphatic rings. The van der Waals surface area contributed by atoms with Crippen LogP contribution in [0.3, 0.4) is 0 Å². The molecule has 5 N–H and O–H groups in total. The molecule has 10 nitrogen and oxygen atoms in total. The Morgan fingerprint density at radius 2 is 1.62 bits per heavy atom. The maximum atomic E-state index is 12.6. The highest BCUT2D eigenvalue weighted by Gasteiger charge is 2.14. The van der Waals surface area contributed by atoms with Crippen LogP contribution in [0, 0.1) is 0 Å². The summed E-state index contributed by atoms with van der Waals surface area (Å²) in [5.74, 6) is 0.233. The topological polar surface area (TPSA) is 140 Å². The molecule has 0 aliphatic heterocycles. The van der Waals surface area contributed by atoms with Crippen molar-refractivity contribution >= 4 is 29.1 Å². The van der Waals surface area contributed by atoms with Crippen molar-refractivity contribution in [2.24, 2.45) is 5.73 Å². The molecule has 0 bridgehead atoms. The van der Waals surface area contributed by atoms with Crippen molar-refractivity contribution in [3.8, 4) is 0 Å². The highest BCUT2D eigenvalue weighted by Crippen LogP contribution is 2.17. The summed E-state index contributed by atoms with van der Waals surface area (Å²) >= 11 is 0. The fourth-order valence-electron chi connectivity index (χ4n) is 2.29. The van der Waals surface area contributed by atoms with Gasteiger partial charge in [0.15, 0.2) is 5.82 Å². The van der Waals surface area contributed by atoms with Crippen LogP contribution in [0.2, 0.25) is 0 Å². The summed E-state index contributed by atoms with van der Waals surface area (Å²) < 4.78 is 10.5. The van der Waals surface area contributed by atoms with Gasteiger partial charge in [-0.25, -0.2) is 0 Å². The molecule has 29 heavy (non-hydrogen) atoms. The van der Waals surface area contributed by atoms with Gasteiger partial charge in [-0.2, -0.15) is 0 Å². The lowest BCUT2D eigenvalue weighted by molar-refractivity contribution is -0.117. The maximum absolute atomic E-state index is 12.6. The van der Waals surface area contributed by atoms with Gasteiger partial charge in [0.25, 0.3) is 5.91 Å². The fraction of sp³-hybridized carbons (Fsp3) is 0.368. The molecule has 0 atom stereocenters. The zero-order valence-electron chi connectivity index (χ0n) is 16.3. The molecule has 2 aromatic rings. The van der Waals surface area contributed by atoms with E-state index in [1.165, 1.54) is 0 Å². The number of benzene rings is 1. The van der Waals surface area contributed by atoms with E-state index in [4.69, 9.17) is 15.2 Å². The molecule has 1 heterocycles. The van der Waals surface area contributed by atoms with Crippen molar-refractivity contribution in [3.05, 3.63) is 42.0 Å². The Morgan fingerprint density at radius 1 is 0.931 bits per heavy atom. The summed E-state index contributed by atoms with van der Waals surface area (Å²) in [6, 6.07) is 10.0. The number of nitrogens with one attached hydrogen (secondary N) is 3. The average Bonchev–Trinajstić information content (AvgIpc) is 2.74. The van der Waals surface area contributed by atoms with E-state index in [9.17, 15) is 9.59 Å². The van der Waals surface area contributed by atoms with Gasteiger partial charge in [0.1, 0.15) is 5.82 Å². The molecule has 0 unspecified atom stereocenters. The first kappa shape index (κ1) is 22.2. The number of nitrogens with two attached hydrogens (primary N) is 1. The van der Waals surface area contributed by atoms with Gasteiger partial charge < -0.3 is 31.2 Å². The van der Waals surface area contributed by atoms with E-state index in [-0.39, 0.29) is 18.9 Å². The van der Waals surface area contributed by atoms with Gasteiger partial charge in [-0.1, -0.05) is 12.1 Å². The molecule has 0 fully saturated rings. The van der Waals surface area contributed by atoms with Crippen molar-refractivity contribution in [1.29, 1.82) is 0 Å². The normalized spacial score (nSPS) is 10.4. The molecule has 2 amide bonds. The third kappa shape index (κ3) is 7.82. The number of ether oxygens (including phenoxy) is 2. The Hall–Kier alpha value is -3.08. The summed E-state index contributed by atoms with van der Waals surface area (Å²) in [5.41, 5.74) is 6.03. The SMILES string of the molecule is CNc1ccc(NC(=O)c2ccccc2NC(=O)CCOCCOCCN)nn1. The lowest BCUT2D eigenvalue weighted by atomic mass is 10.1. The number of hydrogen-bond donors (Lipinski definition) is 4. The lowest BCUT2D eigenvalue weighted by Crippen LogP contribution is -2.20. The molecule has 156 valence electrons. The standard InChI is InChI=1S/C19H26N6O4/c1-21-16-6-7-17(25-24-16)23-19(27)14-4-2-3-5-15(14)22-18(26)8-10-28-12-13-29-11-9-20/h2-7H,8-13,20H2,1H3,(H,21,24)(H,22,26)(H,23,25,27). The van der Waals surface area contributed by atoms with Gasteiger partial charge in [0.2, 0.25) is 5.91 Å². The van der Waals surface area contributed by atoms with E-state index in [0.29, 0.717) is 49.3 Å². The number of hydrogen-bond acceptors (Lipinski definition) is 8. The van der Waals surface area contributed by atoms with Crippen LogP contribution in [-0.4, -0.2) is 62.0 Å². The van der Waals surface area contributed by atoms with Crippen LogP contribution in [0.5, 0.6) is 0 Å². The van der Waals surface area contributed by atoms with E-state index in [1.807, 2.05) is 0 Å². The van der Waals surface area contributed by atoms with Crippen molar-refractivity contribution < 1.29 is 19.1 Å². The number of carbonyl (C=O) groups excluding carboxylic acids is 2. The second-order valence-electron chi connectivity index (χ2n) is 5.87. The molecule has 0 saturated heterocycles. The van der Waals surface area contributed by atoms with Crippen molar-refractivity contribution in [2.75, 3.05) is 56.0 Å². The van der Waals surface area contributed by atoms with Crippen LogP contribution in [-0.2, 0) is 14.3 Å². The van der Waals surface area contributed by atoms with Crippen molar-refractivity contribution in [2.45, 2.75) is 6.42 Å². The summed E-state index contributed by atoms with van der Waals surface area (Å²) in [5, 5.41) is 16.1. The zero-order chi connectivity index (χ0) is 20.9. The first-order chi connectivity index (χ1) is 14.1. The molecule has 2 rings (SSSR count). The van der Waals surface area contributed by atoms with Crippen LogP contribution in [0.25, 0.3) is 0 Å². The molecule has 0 saturated carbocycles. The molecule has 10 heteroatoms. The van der Waals surface area contributed by atoms with E-state index in [0.717, 1.165) is 0 Å². The van der Waals surface area contributed by atoms with Crippen LogP contribution in [0.15, 0.2) is 36.4 Å². The summed E-state index contributed by atoms with van der Waals surface area (Å²) in [4.78, 5) is 24.7. The van der Waals surface area contributed by atoms with Gasteiger partial charge in [0, 0.05) is 13.6 Å². The monoisotopic (exact) mass is 402 g/mol. The Balaban J connectivity index is 1.85. The Bertz CT molecular complexity index is 785. The van der Waals surface area contributed by atoms with E-state index >= 15 is 0 Å². The van der Waals surface area contributed by atoms with Gasteiger partial charge in [-0.15, -0.1) is 10.2 Å². The fourth-order valence-corrected chi connectivity index (χ4v) is 2.29. The number of carbonyl (C=O) groups is 2. The van der Waals surface area contributed by atoms with E-state index < -0.39 is 5.91 Å². The predicted molar refractivity (Wildman–Crippen MR) is 110 cm³/mol. The molecular weight excluding hydrogens is 376 g/mol. The van der Waals surface area contributed by atoms with E-state index in [2.05, 4.69) is 26.1 Å². The highest BCUT2D eigenvalue weighted by molar-refractivity contribution is 6.09. The minimum atomic E-state index is -0.402. The lowest BCUT2D eigenvalue weighted by Gasteiger charge is -2.11. The second-order valence-corrected chi connectivity index (χ2v) is 5.87. The minimum absolute atomic E-state index is 0.157. The number of rotatable bonds is 12.